The molecular formula is C24H24N2O4. The SMILES string of the molecule is CC1=C(C(=O)OCCOc2ccccc2)C(c2cccnc2)C2=C(CCCC2=O)N1. The topological polar surface area (TPSA) is 77.5 Å². The molecule has 0 spiro atoms. The minimum absolute atomic E-state index is 0.0720. The van der Waals surface area contributed by atoms with E-state index in [0.29, 0.717) is 23.3 Å². The molecule has 6 heteroatoms. The predicted molar refractivity (Wildman–Crippen MR) is 112 cm³/mol. The second kappa shape index (κ2) is 8.95. The van der Waals surface area contributed by atoms with E-state index >= 15 is 0 Å². The van der Waals surface area contributed by atoms with Crippen LogP contribution in [0, 0.1) is 0 Å². The number of dihydropyridines is 1. The molecule has 30 heavy (non-hydrogen) atoms. The fourth-order valence-electron chi connectivity index (χ4n) is 4.02. The number of pyridine rings is 1. The Balaban J connectivity index is 1.54. The van der Waals surface area contributed by atoms with Gasteiger partial charge >= 0.3 is 5.97 Å². The van der Waals surface area contributed by atoms with Gasteiger partial charge in [-0.3, -0.25) is 9.78 Å². The normalized spacial score (nSPS) is 18.6. The van der Waals surface area contributed by atoms with E-state index < -0.39 is 11.9 Å². The van der Waals surface area contributed by atoms with Crippen LogP contribution in [0.3, 0.4) is 0 Å². The van der Waals surface area contributed by atoms with Crippen molar-refractivity contribution < 1.29 is 19.1 Å². The molecule has 1 N–H and O–H groups in total. The van der Waals surface area contributed by atoms with Gasteiger partial charge in [0, 0.05) is 41.7 Å². The average molecular weight is 404 g/mol. The summed E-state index contributed by atoms with van der Waals surface area (Å²) in [4.78, 5) is 30.0. The largest absolute Gasteiger partial charge is 0.490 e. The Morgan fingerprint density at radius 2 is 1.97 bits per heavy atom. The molecule has 0 saturated carbocycles. The van der Waals surface area contributed by atoms with Gasteiger partial charge in [-0.05, 0) is 43.5 Å². The second-order valence-electron chi connectivity index (χ2n) is 7.35. The van der Waals surface area contributed by atoms with Crippen LogP contribution in [0.4, 0.5) is 0 Å². The summed E-state index contributed by atoms with van der Waals surface area (Å²) in [5.74, 6) is -0.123. The van der Waals surface area contributed by atoms with Crippen molar-refractivity contribution in [3.05, 3.63) is 83.0 Å². The van der Waals surface area contributed by atoms with E-state index in [2.05, 4.69) is 10.3 Å². The van der Waals surface area contributed by atoms with Crippen LogP contribution in [0.25, 0.3) is 0 Å². The number of ketones is 1. The number of ether oxygens (including phenoxy) is 2. The van der Waals surface area contributed by atoms with E-state index in [0.717, 1.165) is 29.9 Å². The molecule has 1 aromatic heterocycles. The highest BCUT2D eigenvalue weighted by Gasteiger charge is 2.39. The highest BCUT2D eigenvalue weighted by molar-refractivity contribution is 6.03. The first-order chi connectivity index (χ1) is 14.6. The van der Waals surface area contributed by atoms with Gasteiger partial charge in [-0.1, -0.05) is 24.3 Å². The molecule has 1 aromatic carbocycles. The van der Waals surface area contributed by atoms with Crippen molar-refractivity contribution in [1.82, 2.24) is 10.3 Å². The number of benzene rings is 1. The van der Waals surface area contributed by atoms with Crippen molar-refractivity contribution in [2.24, 2.45) is 0 Å². The number of carbonyl (C=O) groups excluding carboxylic acids is 2. The molecule has 0 amide bonds. The Labute approximate surface area is 175 Å². The third kappa shape index (κ3) is 4.13. The molecule has 0 fully saturated rings. The number of esters is 1. The minimum atomic E-state index is -0.467. The first-order valence-electron chi connectivity index (χ1n) is 10.1. The second-order valence-corrected chi connectivity index (χ2v) is 7.35. The maximum absolute atomic E-state index is 13.1. The van der Waals surface area contributed by atoms with E-state index in [-0.39, 0.29) is 19.0 Å². The van der Waals surface area contributed by atoms with E-state index in [1.807, 2.05) is 49.4 Å². The van der Waals surface area contributed by atoms with Gasteiger partial charge in [0.1, 0.15) is 19.0 Å². The lowest BCUT2D eigenvalue weighted by Gasteiger charge is -2.34. The van der Waals surface area contributed by atoms with E-state index in [9.17, 15) is 9.59 Å². The molecule has 0 radical (unpaired) electrons. The molecule has 0 bridgehead atoms. The molecule has 2 heterocycles. The Morgan fingerprint density at radius 1 is 1.13 bits per heavy atom. The summed E-state index contributed by atoms with van der Waals surface area (Å²) in [6, 6.07) is 13.1. The van der Waals surface area contributed by atoms with Crippen molar-refractivity contribution in [3.8, 4) is 5.75 Å². The summed E-state index contributed by atoms with van der Waals surface area (Å²) < 4.78 is 11.1. The number of hydrogen-bond acceptors (Lipinski definition) is 6. The maximum atomic E-state index is 13.1. The quantitative estimate of drug-likeness (QED) is 0.585. The van der Waals surface area contributed by atoms with Crippen molar-refractivity contribution in [2.45, 2.75) is 32.1 Å². The first kappa shape index (κ1) is 19.9. The number of nitrogens with one attached hydrogen (secondary N) is 1. The number of para-hydroxylation sites is 1. The van der Waals surface area contributed by atoms with Gasteiger partial charge in [-0.2, -0.15) is 0 Å². The summed E-state index contributed by atoms with van der Waals surface area (Å²) in [7, 11) is 0. The van der Waals surface area contributed by atoms with Crippen LogP contribution in [-0.2, 0) is 14.3 Å². The van der Waals surface area contributed by atoms with E-state index in [4.69, 9.17) is 9.47 Å². The van der Waals surface area contributed by atoms with Crippen LogP contribution in [0.15, 0.2) is 77.4 Å². The number of hydrogen-bond donors (Lipinski definition) is 1. The zero-order valence-corrected chi connectivity index (χ0v) is 16.9. The molecule has 2 aromatic rings. The molecule has 1 aliphatic heterocycles. The third-order valence-electron chi connectivity index (χ3n) is 5.34. The molecule has 4 rings (SSSR count). The van der Waals surface area contributed by atoms with Crippen molar-refractivity contribution >= 4 is 11.8 Å². The molecule has 1 unspecified atom stereocenters. The van der Waals surface area contributed by atoms with E-state index in [1.165, 1.54) is 0 Å². The van der Waals surface area contributed by atoms with Crippen LogP contribution in [-0.4, -0.2) is 30.0 Å². The van der Waals surface area contributed by atoms with Crippen LogP contribution < -0.4 is 10.1 Å². The molecule has 2 aliphatic rings. The van der Waals surface area contributed by atoms with E-state index in [1.54, 1.807) is 12.4 Å². The van der Waals surface area contributed by atoms with Gasteiger partial charge in [-0.25, -0.2) is 4.79 Å². The van der Waals surface area contributed by atoms with Crippen LogP contribution in [0.5, 0.6) is 5.75 Å². The van der Waals surface area contributed by atoms with Gasteiger partial charge in [0.2, 0.25) is 0 Å². The molecule has 6 nitrogen and oxygen atoms in total. The highest BCUT2D eigenvalue weighted by Crippen LogP contribution is 2.42. The van der Waals surface area contributed by atoms with Crippen molar-refractivity contribution in [1.29, 1.82) is 0 Å². The number of aromatic nitrogens is 1. The fraction of sp³-hybridized carbons (Fsp3) is 0.292. The summed E-state index contributed by atoms with van der Waals surface area (Å²) in [6.07, 6.45) is 5.49. The molecule has 154 valence electrons. The van der Waals surface area contributed by atoms with Crippen LogP contribution >= 0.6 is 0 Å². The number of nitrogens with zero attached hydrogens (tertiary/aromatic N) is 1. The van der Waals surface area contributed by atoms with Gasteiger partial charge < -0.3 is 14.8 Å². The third-order valence-corrected chi connectivity index (χ3v) is 5.34. The van der Waals surface area contributed by atoms with Crippen LogP contribution in [0.1, 0.15) is 37.7 Å². The molecule has 1 atom stereocenters. The predicted octanol–water partition coefficient (Wildman–Crippen LogP) is 3.67. The van der Waals surface area contributed by atoms with Crippen LogP contribution in [0.2, 0.25) is 0 Å². The number of allylic oxidation sites excluding steroid dienone is 3. The fourth-order valence-corrected chi connectivity index (χ4v) is 4.02. The number of Topliss-reactive ketones (excluding diaryl/α,β-unsaturated/α-hetero) is 1. The Kier molecular flexibility index (Phi) is 5.93. The minimum Gasteiger partial charge on any atom is -0.490 e. The standard InChI is InChI=1S/C24H24N2O4/c1-16-21(24(28)30-14-13-29-18-8-3-2-4-9-18)22(17-7-6-12-25-15-17)23-19(26-16)10-5-11-20(23)27/h2-4,6-9,12,15,22,26H,5,10-11,13-14H2,1H3. The Morgan fingerprint density at radius 3 is 2.73 bits per heavy atom. The lowest BCUT2D eigenvalue weighted by atomic mass is 9.75. The smallest absolute Gasteiger partial charge is 0.336 e. The Hall–Kier alpha value is -3.41. The maximum Gasteiger partial charge on any atom is 0.336 e. The molecule has 0 saturated heterocycles. The zero-order chi connectivity index (χ0) is 20.9. The van der Waals surface area contributed by atoms with Gasteiger partial charge in [0.25, 0.3) is 0 Å². The number of carbonyl (C=O) groups is 2. The van der Waals surface area contributed by atoms with Gasteiger partial charge in [-0.15, -0.1) is 0 Å². The summed E-state index contributed by atoms with van der Waals surface area (Å²) in [5.41, 5.74) is 3.55. The van der Waals surface area contributed by atoms with Crippen molar-refractivity contribution in [3.63, 3.8) is 0 Å². The zero-order valence-electron chi connectivity index (χ0n) is 16.9. The summed E-state index contributed by atoms with van der Waals surface area (Å²) >= 11 is 0. The number of rotatable bonds is 6. The van der Waals surface area contributed by atoms with Crippen molar-refractivity contribution in [2.75, 3.05) is 13.2 Å². The summed E-state index contributed by atoms with van der Waals surface area (Å²) in [5, 5.41) is 3.28. The highest BCUT2D eigenvalue weighted by atomic mass is 16.6. The molecule has 1 aliphatic carbocycles. The summed E-state index contributed by atoms with van der Waals surface area (Å²) in [6.45, 7) is 2.22. The monoisotopic (exact) mass is 404 g/mol. The van der Waals surface area contributed by atoms with Gasteiger partial charge in [0.15, 0.2) is 5.78 Å². The average Bonchev–Trinajstić information content (AvgIpc) is 2.77. The lowest BCUT2D eigenvalue weighted by molar-refractivity contribution is -0.140. The Bertz CT molecular complexity index is 996. The molecular weight excluding hydrogens is 380 g/mol. The lowest BCUT2D eigenvalue weighted by Crippen LogP contribution is -2.34. The first-order valence-corrected chi connectivity index (χ1v) is 10.1. The van der Waals surface area contributed by atoms with Gasteiger partial charge in [0.05, 0.1) is 5.57 Å².